The van der Waals surface area contributed by atoms with E-state index in [9.17, 15) is 76.3 Å². The molecule has 0 saturated carbocycles. The lowest BCUT2D eigenvalue weighted by Gasteiger charge is -2.25. The molecule has 0 fully saturated rings. The highest BCUT2D eigenvalue weighted by Crippen LogP contribution is 2.43. The molecule has 0 aliphatic carbocycles. The standard InChI is InChI=1S/C28H37Br2N8O20PS2/c1-60(51,52)57-13-9-33(7-3-29)25-21(15-19(35(41)42)17-23(25)37(45)46)27(39)31-5-11-55-59(49,50)56-12-6-32-28(40)22-16-20(36(43)44)18-24(38(47)48)26(22)34(8-4-30)10-14-58-61(2,53)54/h15-18H,3-14H2,1-2H3,(H,31,39)(H,32,40)(H,49,50). The number of nitro benzene ring substituents is 4. The van der Waals surface area contributed by atoms with Crippen LogP contribution in [0, 0.1) is 40.5 Å². The zero-order valence-corrected chi connectivity index (χ0v) is 37.4. The van der Waals surface area contributed by atoms with Crippen molar-refractivity contribution < 1.29 is 73.0 Å². The predicted octanol–water partition coefficient (Wildman–Crippen LogP) is 1.97. The van der Waals surface area contributed by atoms with Gasteiger partial charge in [-0.25, -0.2) is 4.57 Å². The lowest BCUT2D eigenvalue weighted by molar-refractivity contribution is -0.394. The highest BCUT2D eigenvalue weighted by Gasteiger charge is 2.33. The fourth-order valence-electron chi connectivity index (χ4n) is 5.06. The number of phosphoric ester groups is 1. The summed E-state index contributed by atoms with van der Waals surface area (Å²) in [5.74, 6) is -2.30. The summed E-state index contributed by atoms with van der Waals surface area (Å²) in [6.07, 6.45) is 1.52. The highest BCUT2D eigenvalue weighted by molar-refractivity contribution is 9.09. The van der Waals surface area contributed by atoms with Crippen molar-refractivity contribution in [1.29, 1.82) is 0 Å². The number of phosphoric acid groups is 1. The number of anilines is 2. The Balaban J connectivity index is 2.21. The number of halogens is 2. The van der Waals surface area contributed by atoms with Crippen LogP contribution in [0.25, 0.3) is 0 Å². The number of non-ortho nitro benzene ring substituents is 2. The zero-order chi connectivity index (χ0) is 46.3. The summed E-state index contributed by atoms with van der Waals surface area (Å²) in [6, 6.07) is 2.66. The van der Waals surface area contributed by atoms with Crippen molar-refractivity contribution in [3.05, 3.63) is 75.8 Å². The molecule has 0 bridgehead atoms. The van der Waals surface area contributed by atoms with Crippen molar-refractivity contribution >= 4 is 106 Å². The van der Waals surface area contributed by atoms with Gasteiger partial charge in [-0.2, -0.15) is 16.8 Å². The maximum Gasteiger partial charge on any atom is 0.472 e. The van der Waals surface area contributed by atoms with Gasteiger partial charge >= 0.3 is 7.82 Å². The van der Waals surface area contributed by atoms with Gasteiger partial charge in [0.1, 0.15) is 11.4 Å². The minimum atomic E-state index is -4.97. The van der Waals surface area contributed by atoms with Crippen LogP contribution in [-0.2, 0) is 42.2 Å². The molecular formula is C28H37Br2N8O20PS2. The topological polar surface area (TPSA) is 380 Å². The molecule has 0 spiro atoms. The summed E-state index contributed by atoms with van der Waals surface area (Å²) < 4.78 is 77.5. The minimum absolute atomic E-state index is 0.0781. The quantitative estimate of drug-likeness (QED) is 0.0274. The summed E-state index contributed by atoms with van der Waals surface area (Å²) >= 11 is 6.29. The molecule has 0 aliphatic rings. The molecule has 61 heavy (non-hydrogen) atoms. The number of amides is 2. The van der Waals surface area contributed by atoms with E-state index in [2.05, 4.69) is 42.5 Å². The first-order chi connectivity index (χ1) is 28.3. The Morgan fingerprint density at radius 1 is 0.656 bits per heavy atom. The number of benzene rings is 2. The molecule has 28 nitrogen and oxygen atoms in total. The third-order valence-electron chi connectivity index (χ3n) is 7.40. The molecular weight excluding hydrogens is 1020 g/mol. The molecule has 340 valence electrons. The summed E-state index contributed by atoms with van der Waals surface area (Å²) in [7, 11) is -12.9. The Kier molecular flexibility index (Phi) is 20.4. The summed E-state index contributed by atoms with van der Waals surface area (Å²) in [6.45, 7) is -4.60. The second kappa shape index (κ2) is 23.6. The second-order valence-corrected chi connectivity index (χ2v) is 18.1. The van der Waals surface area contributed by atoms with Crippen LogP contribution < -0.4 is 20.4 Å². The van der Waals surface area contributed by atoms with E-state index >= 15 is 0 Å². The van der Waals surface area contributed by atoms with E-state index in [1.54, 1.807) is 0 Å². The molecule has 3 N–H and O–H groups in total. The van der Waals surface area contributed by atoms with E-state index in [-0.39, 0.29) is 36.8 Å². The molecule has 0 radical (unpaired) electrons. The first kappa shape index (κ1) is 52.6. The maximum atomic E-state index is 13.3. The fraction of sp³-hybridized carbons (Fsp3) is 0.500. The number of nitrogens with zero attached hydrogens (tertiary/aromatic N) is 6. The number of rotatable bonds is 28. The highest BCUT2D eigenvalue weighted by atomic mass is 79.9. The van der Waals surface area contributed by atoms with E-state index in [1.165, 1.54) is 9.80 Å². The Bertz CT molecular complexity index is 2100. The number of carbonyl (C=O) groups excluding carboxylic acids is 2. The Hall–Kier alpha value is -4.53. The van der Waals surface area contributed by atoms with Crippen LogP contribution in [0.4, 0.5) is 34.1 Å². The zero-order valence-electron chi connectivity index (χ0n) is 31.7. The number of hydrogen-bond acceptors (Lipinski definition) is 21. The van der Waals surface area contributed by atoms with Crippen LogP contribution in [0.3, 0.4) is 0 Å². The van der Waals surface area contributed by atoms with Gasteiger partial charge in [0.2, 0.25) is 0 Å². The second-order valence-electron chi connectivity index (χ2n) is 11.8. The van der Waals surface area contributed by atoms with Crippen LogP contribution in [-0.4, -0.2) is 142 Å². The number of hydrogen-bond donors (Lipinski definition) is 3. The van der Waals surface area contributed by atoms with Gasteiger partial charge in [-0.1, -0.05) is 31.9 Å². The van der Waals surface area contributed by atoms with Crippen molar-refractivity contribution in [2.45, 2.75) is 0 Å². The number of alkyl halides is 2. The van der Waals surface area contributed by atoms with E-state index in [1.807, 2.05) is 0 Å². The largest absolute Gasteiger partial charge is 0.472 e. The van der Waals surface area contributed by atoms with E-state index < -0.39 is 144 Å². The monoisotopic (exact) mass is 1060 g/mol. The molecule has 2 amide bonds. The lowest BCUT2D eigenvalue weighted by atomic mass is 10.1. The minimum Gasteiger partial charge on any atom is -0.362 e. The molecule has 2 rings (SSSR count). The van der Waals surface area contributed by atoms with Gasteiger partial charge in [0.05, 0.1) is 81.9 Å². The maximum absolute atomic E-state index is 13.3. The van der Waals surface area contributed by atoms with Crippen LogP contribution >= 0.6 is 39.7 Å². The van der Waals surface area contributed by atoms with Gasteiger partial charge in [0.25, 0.3) is 54.8 Å². The SMILES string of the molecule is CS(=O)(=O)OCCN(CCBr)c1c(C(=O)NCCOP(=O)(O)OCCNC(=O)c2cc([N+](=O)[O-])cc([N+](=O)[O-])c2N(CCBr)CCOS(C)(=O)=O)cc([N+](=O)[O-])cc1[N+](=O)[O-]. The molecule has 2 aromatic rings. The van der Waals surface area contributed by atoms with Gasteiger partial charge in [0.15, 0.2) is 0 Å². The van der Waals surface area contributed by atoms with E-state index in [0.717, 1.165) is 24.6 Å². The predicted molar refractivity (Wildman–Crippen MR) is 220 cm³/mol. The summed E-state index contributed by atoms with van der Waals surface area (Å²) in [4.78, 5) is 82.3. The van der Waals surface area contributed by atoms with Crippen LogP contribution in [0.5, 0.6) is 0 Å². The molecule has 0 unspecified atom stereocenters. The molecule has 0 aromatic heterocycles. The van der Waals surface area contributed by atoms with Crippen LogP contribution in [0.1, 0.15) is 20.7 Å². The van der Waals surface area contributed by atoms with Crippen molar-refractivity contribution in [2.75, 3.05) is 98.7 Å². The Morgan fingerprint density at radius 2 is 1.00 bits per heavy atom. The van der Waals surface area contributed by atoms with Gasteiger partial charge in [-0.05, 0) is 0 Å². The third kappa shape index (κ3) is 17.4. The molecule has 0 atom stereocenters. The lowest BCUT2D eigenvalue weighted by Crippen LogP contribution is -2.34. The van der Waals surface area contributed by atoms with E-state index in [4.69, 9.17) is 17.4 Å². The summed E-state index contributed by atoms with van der Waals surface area (Å²) in [5.41, 5.74) is -5.54. The van der Waals surface area contributed by atoms with Crippen LogP contribution in [0.2, 0.25) is 0 Å². The average molecular weight is 1060 g/mol. The van der Waals surface area contributed by atoms with Crippen LogP contribution in [0.15, 0.2) is 24.3 Å². The molecule has 33 heteroatoms. The van der Waals surface area contributed by atoms with Gasteiger partial charge in [0, 0.05) is 62.1 Å². The van der Waals surface area contributed by atoms with E-state index in [0.29, 0.717) is 12.1 Å². The average Bonchev–Trinajstić information content (AvgIpc) is 3.15. The van der Waals surface area contributed by atoms with Crippen molar-refractivity contribution in [3.8, 4) is 0 Å². The normalized spacial score (nSPS) is 11.8. The number of nitro groups is 4. The summed E-state index contributed by atoms with van der Waals surface area (Å²) in [5, 5.41) is 51.9. The molecule has 0 saturated heterocycles. The number of carbonyl (C=O) groups is 2. The molecule has 2 aromatic carbocycles. The van der Waals surface area contributed by atoms with Crippen molar-refractivity contribution in [3.63, 3.8) is 0 Å². The van der Waals surface area contributed by atoms with Crippen molar-refractivity contribution in [2.24, 2.45) is 0 Å². The van der Waals surface area contributed by atoms with Gasteiger partial charge in [-0.15, -0.1) is 0 Å². The molecule has 0 heterocycles. The Morgan fingerprint density at radius 3 is 1.28 bits per heavy atom. The number of nitrogens with one attached hydrogen (secondary N) is 2. The van der Waals surface area contributed by atoms with Gasteiger partial charge in [-0.3, -0.25) is 67.5 Å². The van der Waals surface area contributed by atoms with Crippen molar-refractivity contribution in [1.82, 2.24) is 10.6 Å². The first-order valence-electron chi connectivity index (χ1n) is 16.7. The third-order valence-corrected chi connectivity index (χ3v) is 10.3. The first-order valence-corrected chi connectivity index (χ1v) is 24.1. The molecule has 0 aliphatic heterocycles. The van der Waals surface area contributed by atoms with Gasteiger partial charge < -0.3 is 25.3 Å². The fourth-order valence-corrected chi connectivity index (χ4v) is 7.39. The Labute approximate surface area is 362 Å². The smallest absolute Gasteiger partial charge is 0.362 e.